The number of carbonyl (C=O) groups excluding carboxylic acids is 1. The molecule has 1 N–H and O–H groups in total. The Bertz CT molecular complexity index is 638. The molecule has 0 bridgehead atoms. The van der Waals surface area contributed by atoms with E-state index in [4.69, 9.17) is 5.11 Å². The molecule has 2 aromatic rings. The van der Waals surface area contributed by atoms with E-state index in [1.54, 1.807) is 12.1 Å². The zero-order valence-corrected chi connectivity index (χ0v) is 12.1. The van der Waals surface area contributed by atoms with Gasteiger partial charge < -0.3 is 5.11 Å². The van der Waals surface area contributed by atoms with Crippen molar-refractivity contribution in [1.29, 1.82) is 0 Å². The van der Waals surface area contributed by atoms with Crippen LogP contribution in [0.4, 0.5) is 4.39 Å². The highest BCUT2D eigenvalue weighted by Gasteiger charge is 2.20. The fraction of sp³-hybridized carbons (Fsp3) is 0.154. The quantitative estimate of drug-likeness (QED) is 0.676. The van der Waals surface area contributed by atoms with E-state index in [1.807, 2.05) is 0 Å². The van der Waals surface area contributed by atoms with Gasteiger partial charge in [0, 0.05) is 11.8 Å². The number of carboxylic acids is 1. The molecule has 0 unspecified atom stereocenters. The molecule has 0 aliphatic carbocycles. The van der Waals surface area contributed by atoms with Crippen LogP contribution in [0.1, 0.15) is 32.1 Å². The Morgan fingerprint density at radius 2 is 2.20 bits per heavy atom. The van der Waals surface area contributed by atoms with Crippen LogP contribution in [0.25, 0.3) is 0 Å². The van der Waals surface area contributed by atoms with Crippen LogP contribution in [-0.4, -0.2) is 21.8 Å². The molecular formula is C13H10FNO3S2. The molecule has 1 aromatic carbocycles. The molecule has 0 fully saturated rings. The van der Waals surface area contributed by atoms with Gasteiger partial charge in [-0.2, -0.15) is 0 Å². The summed E-state index contributed by atoms with van der Waals surface area (Å²) >= 11 is 2.40. The van der Waals surface area contributed by atoms with Crippen LogP contribution in [0.2, 0.25) is 0 Å². The van der Waals surface area contributed by atoms with E-state index in [-0.39, 0.29) is 22.2 Å². The van der Waals surface area contributed by atoms with E-state index >= 15 is 0 Å². The largest absolute Gasteiger partial charge is 0.476 e. The van der Waals surface area contributed by atoms with Gasteiger partial charge in [0.15, 0.2) is 11.5 Å². The molecule has 0 atom stereocenters. The SMILES string of the molecule is CC(=O)c1sc(CSc2cccc(F)c2)nc1C(=O)O. The standard InChI is InChI=1S/C13H10FNO3S2/c1-7(16)12-11(13(17)18)15-10(20-12)6-19-9-4-2-3-8(14)5-9/h2-5H,6H2,1H3,(H,17,18). The summed E-state index contributed by atoms with van der Waals surface area (Å²) in [4.78, 5) is 27.2. The number of benzene rings is 1. The van der Waals surface area contributed by atoms with Gasteiger partial charge in [0.2, 0.25) is 0 Å². The van der Waals surface area contributed by atoms with Crippen molar-refractivity contribution in [2.75, 3.05) is 0 Å². The third-order valence-corrected chi connectivity index (χ3v) is 4.70. The summed E-state index contributed by atoms with van der Waals surface area (Å²) in [6.45, 7) is 1.31. The van der Waals surface area contributed by atoms with Crippen molar-refractivity contribution in [3.8, 4) is 0 Å². The van der Waals surface area contributed by atoms with Crippen LogP contribution in [0.5, 0.6) is 0 Å². The van der Waals surface area contributed by atoms with Gasteiger partial charge in [0.1, 0.15) is 15.7 Å². The molecule has 104 valence electrons. The molecular weight excluding hydrogens is 301 g/mol. The molecule has 20 heavy (non-hydrogen) atoms. The highest BCUT2D eigenvalue weighted by atomic mass is 32.2. The molecule has 0 saturated heterocycles. The maximum absolute atomic E-state index is 13.0. The maximum atomic E-state index is 13.0. The summed E-state index contributed by atoms with van der Waals surface area (Å²) in [6, 6.07) is 6.10. The first-order chi connectivity index (χ1) is 9.47. The van der Waals surface area contributed by atoms with Crippen LogP contribution in [0.15, 0.2) is 29.2 Å². The van der Waals surface area contributed by atoms with Crippen LogP contribution in [0, 0.1) is 5.82 Å². The Kier molecular flexibility index (Phi) is 4.51. The Hall–Kier alpha value is -1.73. The van der Waals surface area contributed by atoms with Crippen molar-refractivity contribution in [1.82, 2.24) is 4.98 Å². The van der Waals surface area contributed by atoms with Crippen LogP contribution >= 0.6 is 23.1 Å². The second-order valence-electron chi connectivity index (χ2n) is 3.89. The number of thioether (sulfide) groups is 1. The number of hydrogen-bond donors (Lipinski definition) is 1. The summed E-state index contributed by atoms with van der Waals surface area (Å²) in [6.07, 6.45) is 0. The number of carboxylic acid groups (broad SMARTS) is 1. The summed E-state index contributed by atoms with van der Waals surface area (Å²) in [5.41, 5.74) is -0.211. The monoisotopic (exact) mass is 311 g/mol. The first-order valence-corrected chi connectivity index (χ1v) is 7.40. The highest BCUT2D eigenvalue weighted by molar-refractivity contribution is 7.98. The third kappa shape index (κ3) is 3.43. The molecule has 4 nitrogen and oxygen atoms in total. The Morgan fingerprint density at radius 1 is 1.45 bits per heavy atom. The third-order valence-electron chi connectivity index (χ3n) is 2.35. The average molecular weight is 311 g/mol. The number of aromatic nitrogens is 1. The number of hydrogen-bond acceptors (Lipinski definition) is 5. The van der Waals surface area contributed by atoms with Gasteiger partial charge in [0.25, 0.3) is 0 Å². The molecule has 0 radical (unpaired) electrons. The Labute approximate surface area is 122 Å². The lowest BCUT2D eigenvalue weighted by atomic mass is 10.3. The fourth-order valence-electron chi connectivity index (χ4n) is 1.51. The number of carbonyl (C=O) groups is 2. The molecule has 0 saturated carbocycles. The fourth-order valence-corrected chi connectivity index (χ4v) is 3.40. The van der Waals surface area contributed by atoms with E-state index in [0.717, 1.165) is 16.2 Å². The number of Topliss-reactive ketones (excluding diaryl/α,β-unsaturated/α-hetero) is 1. The summed E-state index contributed by atoms with van der Waals surface area (Å²) < 4.78 is 13.0. The Morgan fingerprint density at radius 3 is 2.75 bits per heavy atom. The lowest BCUT2D eigenvalue weighted by molar-refractivity contribution is 0.0687. The predicted molar refractivity (Wildman–Crippen MR) is 75.0 cm³/mol. The van der Waals surface area contributed by atoms with Gasteiger partial charge in [-0.25, -0.2) is 14.2 Å². The number of rotatable bonds is 5. The summed E-state index contributed by atoms with van der Waals surface area (Å²) in [5.74, 6) is -1.47. The first kappa shape index (κ1) is 14.7. The molecule has 1 heterocycles. The van der Waals surface area contributed by atoms with E-state index in [0.29, 0.717) is 10.8 Å². The second kappa shape index (κ2) is 6.15. The average Bonchev–Trinajstić information content (AvgIpc) is 2.81. The number of nitrogens with zero attached hydrogens (tertiary/aromatic N) is 1. The predicted octanol–water partition coefficient (Wildman–Crippen LogP) is 3.48. The zero-order valence-electron chi connectivity index (χ0n) is 10.4. The van der Waals surface area contributed by atoms with Crippen LogP contribution in [0.3, 0.4) is 0 Å². The number of aromatic carboxylic acids is 1. The van der Waals surface area contributed by atoms with Crippen molar-refractivity contribution >= 4 is 34.9 Å². The van der Waals surface area contributed by atoms with E-state index in [1.165, 1.54) is 30.8 Å². The molecule has 0 aliphatic rings. The van der Waals surface area contributed by atoms with E-state index in [2.05, 4.69) is 4.98 Å². The molecule has 2 rings (SSSR count). The molecule has 0 aliphatic heterocycles. The summed E-state index contributed by atoms with van der Waals surface area (Å²) in [5, 5.41) is 9.51. The Balaban J connectivity index is 2.16. The number of thiazole rings is 1. The number of ketones is 1. The van der Waals surface area contributed by atoms with Gasteiger partial charge in [-0.05, 0) is 18.2 Å². The van der Waals surface area contributed by atoms with E-state index < -0.39 is 5.97 Å². The van der Waals surface area contributed by atoms with Crippen LogP contribution < -0.4 is 0 Å². The first-order valence-electron chi connectivity index (χ1n) is 5.59. The lowest BCUT2D eigenvalue weighted by Gasteiger charge is -1.98. The topological polar surface area (TPSA) is 67.3 Å². The molecule has 0 amide bonds. The molecule has 1 aromatic heterocycles. The van der Waals surface area contributed by atoms with E-state index in [9.17, 15) is 14.0 Å². The van der Waals surface area contributed by atoms with Crippen molar-refractivity contribution < 1.29 is 19.1 Å². The van der Waals surface area contributed by atoms with Gasteiger partial charge in [-0.15, -0.1) is 23.1 Å². The normalized spacial score (nSPS) is 10.5. The second-order valence-corrected chi connectivity index (χ2v) is 6.03. The maximum Gasteiger partial charge on any atom is 0.356 e. The highest BCUT2D eigenvalue weighted by Crippen LogP contribution is 2.27. The summed E-state index contributed by atoms with van der Waals surface area (Å²) in [7, 11) is 0. The minimum Gasteiger partial charge on any atom is -0.476 e. The smallest absolute Gasteiger partial charge is 0.356 e. The van der Waals surface area contributed by atoms with Gasteiger partial charge >= 0.3 is 5.97 Å². The molecule has 0 spiro atoms. The van der Waals surface area contributed by atoms with Crippen LogP contribution in [-0.2, 0) is 5.75 Å². The van der Waals surface area contributed by atoms with Crippen molar-refractivity contribution in [2.45, 2.75) is 17.6 Å². The lowest BCUT2D eigenvalue weighted by Crippen LogP contribution is -2.03. The van der Waals surface area contributed by atoms with Crippen molar-refractivity contribution in [3.63, 3.8) is 0 Å². The van der Waals surface area contributed by atoms with Gasteiger partial charge in [-0.3, -0.25) is 4.79 Å². The van der Waals surface area contributed by atoms with Crippen molar-refractivity contribution in [3.05, 3.63) is 45.7 Å². The minimum absolute atomic E-state index is 0.146. The molecule has 7 heteroatoms. The zero-order chi connectivity index (χ0) is 14.7. The van der Waals surface area contributed by atoms with Gasteiger partial charge in [-0.1, -0.05) is 6.07 Å². The number of halogens is 1. The van der Waals surface area contributed by atoms with Gasteiger partial charge in [0.05, 0.1) is 5.75 Å². The van der Waals surface area contributed by atoms with Crippen molar-refractivity contribution in [2.24, 2.45) is 0 Å². The minimum atomic E-state index is -1.21.